The number of nitrogens with zero attached hydrogens (tertiary/aromatic N) is 2. The number of benzene rings is 1. The fraction of sp³-hybridized carbons (Fsp3) is 0.333. The summed E-state index contributed by atoms with van der Waals surface area (Å²) in [5, 5.41) is 3.86. The van der Waals surface area contributed by atoms with Gasteiger partial charge in [0.1, 0.15) is 5.75 Å². The Balaban J connectivity index is 2.19. The normalized spacial score (nSPS) is 10.4. The molecule has 0 unspecified atom stereocenters. The summed E-state index contributed by atoms with van der Waals surface area (Å²) in [6.07, 6.45) is 1.40. The second kappa shape index (κ2) is 4.79. The maximum absolute atomic E-state index is 5.26. The van der Waals surface area contributed by atoms with Crippen LogP contribution < -0.4 is 4.74 Å². The minimum atomic E-state index is 0.608. The van der Waals surface area contributed by atoms with Crippen molar-refractivity contribution in [1.82, 2.24) is 10.1 Å². The van der Waals surface area contributed by atoms with Crippen molar-refractivity contribution >= 4 is 0 Å². The first-order valence-corrected chi connectivity index (χ1v) is 5.27. The molecule has 1 aromatic carbocycles. The molecule has 1 heterocycles. The molecule has 0 amide bonds. The lowest BCUT2D eigenvalue weighted by Crippen LogP contribution is -1.94. The van der Waals surface area contributed by atoms with Crippen LogP contribution in [0.4, 0.5) is 0 Å². The van der Waals surface area contributed by atoms with E-state index in [-0.39, 0.29) is 0 Å². The second-order valence-electron chi connectivity index (χ2n) is 3.45. The van der Waals surface area contributed by atoms with E-state index in [1.807, 2.05) is 31.2 Å². The third-order valence-corrected chi connectivity index (χ3v) is 2.36. The summed E-state index contributed by atoms with van der Waals surface area (Å²) in [5.74, 6) is 2.21. The van der Waals surface area contributed by atoms with Crippen molar-refractivity contribution in [3.63, 3.8) is 0 Å². The quantitative estimate of drug-likeness (QED) is 0.789. The molecule has 0 aliphatic heterocycles. The molecule has 0 fully saturated rings. The highest BCUT2D eigenvalue weighted by Gasteiger charge is 2.08. The first kappa shape index (κ1) is 10.7. The Bertz CT molecular complexity index is 466. The van der Waals surface area contributed by atoms with Gasteiger partial charge in [-0.1, -0.05) is 30.3 Å². The van der Waals surface area contributed by atoms with E-state index in [0.717, 1.165) is 23.6 Å². The average molecular weight is 218 g/mol. The van der Waals surface area contributed by atoms with Crippen molar-refractivity contribution in [2.24, 2.45) is 0 Å². The molecule has 4 nitrogen and oxygen atoms in total. The second-order valence-corrected chi connectivity index (χ2v) is 3.45. The molecule has 0 radical (unpaired) electrons. The van der Waals surface area contributed by atoms with Gasteiger partial charge < -0.3 is 9.26 Å². The Morgan fingerprint density at radius 2 is 2.12 bits per heavy atom. The smallest absolute Gasteiger partial charge is 0.231 e. The summed E-state index contributed by atoms with van der Waals surface area (Å²) in [5.41, 5.74) is 1.05. The van der Waals surface area contributed by atoms with Gasteiger partial charge in [-0.3, -0.25) is 0 Å². The van der Waals surface area contributed by atoms with Gasteiger partial charge in [-0.2, -0.15) is 4.98 Å². The van der Waals surface area contributed by atoms with Crippen LogP contribution in [0.25, 0.3) is 0 Å². The third-order valence-electron chi connectivity index (χ3n) is 2.36. The minimum Gasteiger partial charge on any atom is -0.496 e. The van der Waals surface area contributed by atoms with E-state index in [2.05, 4.69) is 10.1 Å². The van der Waals surface area contributed by atoms with Gasteiger partial charge in [0.05, 0.1) is 13.5 Å². The number of aryl methyl sites for hydroxylation is 1. The first-order valence-electron chi connectivity index (χ1n) is 5.27. The molecule has 0 saturated carbocycles. The average Bonchev–Trinajstić information content (AvgIpc) is 2.77. The Labute approximate surface area is 94.2 Å². The summed E-state index contributed by atoms with van der Waals surface area (Å²) >= 11 is 0. The van der Waals surface area contributed by atoms with Crippen molar-refractivity contribution in [3.8, 4) is 5.75 Å². The molecule has 2 rings (SSSR count). The molecule has 0 saturated heterocycles. The van der Waals surface area contributed by atoms with Crippen LogP contribution in [0.3, 0.4) is 0 Å². The molecule has 0 bridgehead atoms. The zero-order chi connectivity index (χ0) is 11.4. The van der Waals surface area contributed by atoms with Gasteiger partial charge in [-0.25, -0.2) is 0 Å². The largest absolute Gasteiger partial charge is 0.496 e. The fourth-order valence-corrected chi connectivity index (χ4v) is 1.52. The van der Waals surface area contributed by atoms with Gasteiger partial charge in [-0.05, 0) is 6.07 Å². The minimum absolute atomic E-state index is 0.608. The molecule has 0 aliphatic rings. The third kappa shape index (κ3) is 2.21. The van der Waals surface area contributed by atoms with E-state index in [1.54, 1.807) is 7.11 Å². The summed E-state index contributed by atoms with van der Waals surface area (Å²) in [6.45, 7) is 2.00. The van der Waals surface area contributed by atoms with Crippen LogP contribution in [0.2, 0.25) is 0 Å². The van der Waals surface area contributed by atoms with Crippen molar-refractivity contribution < 1.29 is 9.26 Å². The molecular formula is C12H14N2O2. The predicted octanol–water partition coefficient (Wildman–Crippen LogP) is 2.23. The zero-order valence-electron chi connectivity index (χ0n) is 9.43. The molecule has 1 aromatic heterocycles. The first-order chi connectivity index (χ1) is 7.83. The summed E-state index contributed by atoms with van der Waals surface area (Å²) in [6, 6.07) is 7.82. The van der Waals surface area contributed by atoms with Crippen LogP contribution in [0.1, 0.15) is 24.2 Å². The molecule has 0 N–H and O–H groups in total. The number of hydrogen-bond donors (Lipinski definition) is 0. The molecule has 0 spiro atoms. The lowest BCUT2D eigenvalue weighted by atomic mass is 10.1. The molecule has 2 aromatic rings. The summed E-state index contributed by atoms with van der Waals surface area (Å²) in [7, 11) is 1.66. The number of rotatable bonds is 4. The van der Waals surface area contributed by atoms with Gasteiger partial charge >= 0.3 is 0 Å². The van der Waals surface area contributed by atoms with E-state index in [1.165, 1.54) is 0 Å². The predicted molar refractivity (Wildman–Crippen MR) is 59.5 cm³/mol. The number of ether oxygens (including phenoxy) is 1. The number of aromatic nitrogens is 2. The van der Waals surface area contributed by atoms with Crippen molar-refractivity contribution in [2.75, 3.05) is 7.11 Å². The fourth-order valence-electron chi connectivity index (χ4n) is 1.52. The highest BCUT2D eigenvalue weighted by molar-refractivity contribution is 5.34. The SMILES string of the molecule is CCc1noc(Cc2ccccc2OC)n1. The van der Waals surface area contributed by atoms with E-state index in [9.17, 15) is 0 Å². The van der Waals surface area contributed by atoms with Crippen LogP contribution >= 0.6 is 0 Å². The van der Waals surface area contributed by atoms with Crippen molar-refractivity contribution in [1.29, 1.82) is 0 Å². The topological polar surface area (TPSA) is 48.2 Å². The molecule has 0 aliphatic carbocycles. The highest BCUT2D eigenvalue weighted by Crippen LogP contribution is 2.20. The Morgan fingerprint density at radius 1 is 1.31 bits per heavy atom. The number of methoxy groups -OCH3 is 1. The van der Waals surface area contributed by atoms with Gasteiger partial charge in [-0.15, -0.1) is 0 Å². The molecule has 16 heavy (non-hydrogen) atoms. The maximum atomic E-state index is 5.26. The Kier molecular flexibility index (Phi) is 3.19. The zero-order valence-corrected chi connectivity index (χ0v) is 9.43. The van der Waals surface area contributed by atoms with E-state index < -0.39 is 0 Å². The van der Waals surface area contributed by atoms with Crippen molar-refractivity contribution in [2.45, 2.75) is 19.8 Å². The molecule has 84 valence electrons. The number of hydrogen-bond acceptors (Lipinski definition) is 4. The highest BCUT2D eigenvalue weighted by atomic mass is 16.5. The van der Waals surface area contributed by atoms with Gasteiger partial charge in [0, 0.05) is 12.0 Å². The summed E-state index contributed by atoms with van der Waals surface area (Å²) < 4.78 is 10.4. The van der Waals surface area contributed by atoms with Crippen LogP contribution in [0.5, 0.6) is 5.75 Å². The lowest BCUT2D eigenvalue weighted by molar-refractivity contribution is 0.374. The lowest BCUT2D eigenvalue weighted by Gasteiger charge is -2.04. The van der Waals surface area contributed by atoms with Crippen LogP contribution in [0.15, 0.2) is 28.8 Å². The van der Waals surface area contributed by atoms with E-state index in [4.69, 9.17) is 9.26 Å². The standard InChI is InChI=1S/C12H14N2O2/c1-3-11-13-12(16-14-11)8-9-6-4-5-7-10(9)15-2/h4-7H,3,8H2,1-2H3. The Hall–Kier alpha value is -1.84. The molecule has 4 heteroatoms. The van der Waals surface area contributed by atoms with Gasteiger partial charge in [0.25, 0.3) is 0 Å². The van der Waals surface area contributed by atoms with Crippen LogP contribution in [-0.2, 0) is 12.8 Å². The monoisotopic (exact) mass is 218 g/mol. The van der Waals surface area contributed by atoms with E-state index >= 15 is 0 Å². The van der Waals surface area contributed by atoms with Gasteiger partial charge in [0.2, 0.25) is 5.89 Å². The molecule has 0 atom stereocenters. The number of para-hydroxylation sites is 1. The van der Waals surface area contributed by atoms with E-state index in [0.29, 0.717) is 12.3 Å². The van der Waals surface area contributed by atoms with Crippen LogP contribution in [-0.4, -0.2) is 17.3 Å². The van der Waals surface area contributed by atoms with Crippen molar-refractivity contribution in [3.05, 3.63) is 41.5 Å². The molecular weight excluding hydrogens is 204 g/mol. The Morgan fingerprint density at radius 3 is 2.81 bits per heavy atom. The van der Waals surface area contributed by atoms with Gasteiger partial charge in [0.15, 0.2) is 5.82 Å². The summed E-state index contributed by atoms with van der Waals surface area (Å²) in [4.78, 5) is 4.27. The van der Waals surface area contributed by atoms with Crippen LogP contribution in [0, 0.1) is 0 Å². The maximum Gasteiger partial charge on any atom is 0.231 e.